The molecule has 2 aliphatic heterocycles. The molecule has 4 heterocycles. The predicted molar refractivity (Wildman–Crippen MR) is 122 cm³/mol. The largest absolute Gasteiger partial charge is 0.463 e. The van der Waals surface area contributed by atoms with Gasteiger partial charge in [0.15, 0.2) is 5.76 Å². The molecule has 2 aliphatic rings. The maximum Gasteiger partial charge on any atom is 0.256 e. The smallest absolute Gasteiger partial charge is 0.256 e. The fourth-order valence-electron chi connectivity index (χ4n) is 4.47. The van der Waals surface area contributed by atoms with Gasteiger partial charge in [-0.15, -0.1) is 0 Å². The Balaban J connectivity index is 1.26. The molecule has 0 aliphatic carbocycles. The van der Waals surface area contributed by atoms with Gasteiger partial charge in [-0.1, -0.05) is 12.1 Å². The highest BCUT2D eigenvalue weighted by molar-refractivity contribution is 6.14. The molecule has 162 valence electrons. The Morgan fingerprint density at radius 3 is 2.69 bits per heavy atom. The summed E-state index contributed by atoms with van der Waals surface area (Å²) in [6.45, 7) is 3.05. The first-order chi connectivity index (χ1) is 15.7. The highest BCUT2D eigenvalue weighted by Gasteiger charge is 2.42. The number of amides is 1. The molecule has 2 saturated heterocycles. The summed E-state index contributed by atoms with van der Waals surface area (Å²) in [6.07, 6.45) is 5.81. The number of hydrogen-bond donors (Lipinski definition) is 2. The molecule has 2 unspecified atom stereocenters. The van der Waals surface area contributed by atoms with E-state index in [1.807, 2.05) is 41.3 Å². The number of hydrazone groups is 1. The third kappa shape index (κ3) is 3.84. The van der Waals surface area contributed by atoms with Crippen LogP contribution in [0.4, 0.5) is 11.6 Å². The van der Waals surface area contributed by atoms with Gasteiger partial charge in [-0.25, -0.2) is 9.97 Å². The molecule has 2 N–H and O–H groups in total. The number of likely N-dealkylation sites (tertiary alicyclic amines) is 1. The molecule has 0 bridgehead atoms. The third-order valence-electron chi connectivity index (χ3n) is 5.96. The first kappa shape index (κ1) is 19.9. The van der Waals surface area contributed by atoms with Crippen LogP contribution in [0.1, 0.15) is 10.4 Å². The second-order valence-corrected chi connectivity index (χ2v) is 7.96. The fourth-order valence-corrected chi connectivity index (χ4v) is 4.47. The maximum atomic E-state index is 13.2. The highest BCUT2D eigenvalue weighted by atomic mass is 16.3. The number of anilines is 2. The first-order valence-electron chi connectivity index (χ1n) is 10.5. The van der Waals surface area contributed by atoms with Crippen LogP contribution in [-0.2, 0) is 0 Å². The van der Waals surface area contributed by atoms with Gasteiger partial charge in [0.05, 0.1) is 23.7 Å². The second-order valence-electron chi connectivity index (χ2n) is 7.96. The van der Waals surface area contributed by atoms with Crippen molar-refractivity contribution in [2.45, 2.75) is 0 Å². The zero-order chi connectivity index (χ0) is 21.9. The summed E-state index contributed by atoms with van der Waals surface area (Å²) in [5, 5.41) is 11.0. The summed E-state index contributed by atoms with van der Waals surface area (Å²) in [5.41, 5.74) is 4.84. The molecular weight excluding hydrogens is 406 g/mol. The van der Waals surface area contributed by atoms with E-state index in [1.54, 1.807) is 18.5 Å². The van der Waals surface area contributed by atoms with E-state index in [2.05, 4.69) is 25.4 Å². The van der Waals surface area contributed by atoms with Gasteiger partial charge < -0.3 is 19.6 Å². The third-order valence-corrected chi connectivity index (χ3v) is 5.96. The van der Waals surface area contributed by atoms with E-state index in [9.17, 15) is 4.79 Å². The van der Waals surface area contributed by atoms with Crippen LogP contribution in [0.25, 0.3) is 11.5 Å². The number of fused-ring (bicyclic) bond motifs is 1. The molecule has 3 aromatic rings. The normalized spacial score (nSPS) is 20.0. The minimum Gasteiger partial charge on any atom is -0.463 e. The molecule has 1 aromatic carbocycles. The summed E-state index contributed by atoms with van der Waals surface area (Å²) >= 11 is 0. The molecule has 5 rings (SSSR count). The lowest BCUT2D eigenvalue weighted by atomic mass is 10.0. The van der Waals surface area contributed by atoms with E-state index < -0.39 is 0 Å². The van der Waals surface area contributed by atoms with E-state index in [-0.39, 0.29) is 5.91 Å². The van der Waals surface area contributed by atoms with Gasteiger partial charge in [-0.3, -0.25) is 10.2 Å². The van der Waals surface area contributed by atoms with E-state index in [1.165, 1.54) is 6.21 Å². The minimum absolute atomic E-state index is 0.00447. The van der Waals surface area contributed by atoms with Crippen molar-refractivity contribution in [2.75, 3.05) is 36.5 Å². The first-order valence-corrected chi connectivity index (χ1v) is 10.5. The van der Waals surface area contributed by atoms with Gasteiger partial charge in [0, 0.05) is 50.4 Å². The molecule has 9 nitrogen and oxygen atoms in total. The average molecular weight is 429 g/mol. The van der Waals surface area contributed by atoms with Gasteiger partial charge in [0.25, 0.3) is 5.91 Å². The quantitative estimate of drug-likeness (QED) is 0.460. The zero-order valence-corrected chi connectivity index (χ0v) is 17.4. The van der Waals surface area contributed by atoms with E-state index in [0.717, 1.165) is 30.8 Å². The number of benzene rings is 1. The molecule has 0 spiro atoms. The predicted octanol–water partition coefficient (Wildman–Crippen LogP) is 2.99. The number of furan rings is 1. The van der Waals surface area contributed by atoms with Gasteiger partial charge in [-0.2, -0.15) is 5.10 Å². The number of rotatable bonds is 6. The van der Waals surface area contributed by atoms with Gasteiger partial charge in [-0.05, 0) is 30.3 Å². The van der Waals surface area contributed by atoms with Crippen molar-refractivity contribution < 1.29 is 9.21 Å². The van der Waals surface area contributed by atoms with Crippen molar-refractivity contribution in [2.24, 2.45) is 16.9 Å². The Morgan fingerprint density at radius 2 is 1.94 bits per heavy atom. The Kier molecular flexibility index (Phi) is 5.37. The van der Waals surface area contributed by atoms with Crippen LogP contribution in [0.3, 0.4) is 0 Å². The summed E-state index contributed by atoms with van der Waals surface area (Å²) in [6, 6.07) is 12.9. The summed E-state index contributed by atoms with van der Waals surface area (Å²) in [4.78, 5) is 26.5. The standard InChI is InChI=1S/C23H23N7O2/c24-8-10-26-28-19-5-2-1-4-18(19)22(31)29-12-16-14-30(15-17(16)13-29)23-25-9-7-20(27-23)21-6-3-11-32-21/h1-11,16-17,24,28H,12-15H2/b24-8?,26-10-. The summed E-state index contributed by atoms with van der Waals surface area (Å²) < 4.78 is 5.46. The van der Waals surface area contributed by atoms with E-state index in [4.69, 9.17) is 9.83 Å². The van der Waals surface area contributed by atoms with Crippen molar-refractivity contribution in [3.05, 3.63) is 60.5 Å². The van der Waals surface area contributed by atoms with Crippen LogP contribution in [0.5, 0.6) is 0 Å². The minimum atomic E-state index is -0.00447. The Morgan fingerprint density at radius 1 is 1.12 bits per heavy atom. The van der Waals surface area contributed by atoms with Crippen LogP contribution < -0.4 is 10.3 Å². The lowest BCUT2D eigenvalue weighted by Gasteiger charge is -2.22. The monoisotopic (exact) mass is 429 g/mol. The molecule has 32 heavy (non-hydrogen) atoms. The Hall–Kier alpha value is -4.01. The van der Waals surface area contributed by atoms with Crippen LogP contribution in [0.2, 0.25) is 0 Å². The lowest BCUT2D eigenvalue weighted by Crippen LogP contribution is -2.34. The number of hydrogen-bond acceptors (Lipinski definition) is 8. The number of nitrogens with one attached hydrogen (secondary N) is 2. The molecule has 1 amide bonds. The summed E-state index contributed by atoms with van der Waals surface area (Å²) in [5.74, 6) is 2.18. The number of aromatic nitrogens is 2. The molecule has 9 heteroatoms. The van der Waals surface area contributed by atoms with Crippen molar-refractivity contribution in [1.29, 1.82) is 5.41 Å². The van der Waals surface area contributed by atoms with Crippen molar-refractivity contribution in [1.82, 2.24) is 14.9 Å². The SMILES string of the molecule is N=C/C=N\Nc1ccccc1C(=O)N1CC2CN(c3nccc(-c4ccco4)n3)CC2C1. The fraction of sp³-hybridized carbons (Fsp3) is 0.261. The van der Waals surface area contributed by atoms with Crippen molar-refractivity contribution in [3.8, 4) is 11.5 Å². The lowest BCUT2D eigenvalue weighted by molar-refractivity contribution is 0.0783. The van der Waals surface area contributed by atoms with Gasteiger partial charge >= 0.3 is 0 Å². The summed E-state index contributed by atoms with van der Waals surface area (Å²) in [7, 11) is 0. The number of carbonyl (C=O) groups excluding carboxylic acids is 1. The highest BCUT2D eigenvalue weighted by Crippen LogP contribution is 2.34. The number of para-hydroxylation sites is 1. The number of carbonyl (C=O) groups is 1. The maximum absolute atomic E-state index is 13.2. The zero-order valence-electron chi connectivity index (χ0n) is 17.4. The topological polar surface area (TPSA) is 111 Å². The Labute approximate surface area is 185 Å². The molecular formula is C23H23N7O2. The average Bonchev–Trinajstić information content (AvgIpc) is 3.56. The molecule has 0 radical (unpaired) electrons. The molecule has 2 aromatic heterocycles. The Bertz CT molecular complexity index is 1130. The van der Waals surface area contributed by atoms with Crippen LogP contribution >= 0.6 is 0 Å². The van der Waals surface area contributed by atoms with E-state index in [0.29, 0.717) is 42.1 Å². The van der Waals surface area contributed by atoms with Crippen molar-refractivity contribution >= 4 is 30.0 Å². The van der Waals surface area contributed by atoms with Crippen LogP contribution in [0, 0.1) is 17.2 Å². The van der Waals surface area contributed by atoms with Crippen LogP contribution in [-0.4, -0.2) is 59.4 Å². The van der Waals surface area contributed by atoms with Crippen LogP contribution in [0.15, 0.2) is 64.4 Å². The van der Waals surface area contributed by atoms with Crippen molar-refractivity contribution in [3.63, 3.8) is 0 Å². The van der Waals surface area contributed by atoms with Gasteiger partial charge in [0.1, 0.15) is 5.69 Å². The molecule has 2 atom stereocenters. The molecule has 2 fully saturated rings. The van der Waals surface area contributed by atoms with Gasteiger partial charge in [0.2, 0.25) is 5.95 Å². The molecule has 0 saturated carbocycles. The number of nitrogens with zero attached hydrogens (tertiary/aromatic N) is 5. The van der Waals surface area contributed by atoms with E-state index >= 15 is 0 Å². The second kappa shape index (κ2) is 8.62.